The summed E-state index contributed by atoms with van der Waals surface area (Å²) in [5.41, 5.74) is 0. The third kappa shape index (κ3) is 234. The minimum absolute atomic E-state index is 0. The fraction of sp³-hybridized carbons (Fsp3) is 0.667. The van der Waals surface area contributed by atoms with Gasteiger partial charge in [0, 0.05) is 0 Å². The maximum Gasteiger partial charge on any atom is 2.00 e. The zero-order valence-corrected chi connectivity index (χ0v) is 9.64. The molecule has 21 heavy (non-hydrogen) atoms. The van der Waals surface area contributed by atoms with Crippen molar-refractivity contribution in [1.29, 1.82) is 0 Å². The Morgan fingerprint density at radius 3 is 0.857 bits per heavy atom. The molecule has 1 radical (unpaired) electrons. The second kappa shape index (κ2) is 51.1. The Kier molecular flexibility index (Phi) is 146. The zero-order valence-electron chi connectivity index (χ0n) is 8.70. The number of aliphatic hydroxyl groups is 3. The largest absolute Gasteiger partial charge is 2.00 e. The van der Waals surface area contributed by atoms with Crippen LogP contribution in [0.5, 0.6) is 0 Å². The number of rotatable bonds is 3. The van der Waals surface area contributed by atoms with Crippen molar-refractivity contribution in [1.82, 2.24) is 0 Å². The number of carboxylic acid groups (broad SMARTS) is 3. The van der Waals surface area contributed by atoms with E-state index in [1.807, 2.05) is 0 Å². The Bertz CT molecular complexity index is 165. The molecule has 0 bridgehead atoms. The van der Waals surface area contributed by atoms with Crippen molar-refractivity contribution in [3.05, 3.63) is 0 Å². The van der Waals surface area contributed by atoms with E-state index >= 15 is 0 Å². The second-order valence-electron chi connectivity index (χ2n) is 1.61. The number of hydrogen-bond acceptors (Lipinski definition) is 9. The van der Waals surface area contributed by atoms with Crippen LogP contribution in [0.3, 0.4) is 0 Å². The number of aliphatic carboxylic acids is 3. The zero-order chi connectivity index (χ0) is 12.9. The summed E-state index contributed by atoms with van der Waals surface area (Å²) < 4.78 is 0. The molecule has 7 N–H and O–H groups in total. The van der Waals surface area contributed by atoms with E-state index in [0.29, 0.717) is 0 Å². The van der Waals surface area contributed by atoms with Gasteiger partial charge in [0.2, 0.25) is 0 Å². The minimum Gasteiger partial charge on any atom is -0.870 e. The fourth-order valence-electron chi connectivity index (χ4n) is 0. The molecule has 0 unspecified atom stereocenters. The first-order chi connectivity index (χ1) is 6.81. The van der Waals surface area contributed by atoms with Crippen molar-refractivity contribution >= 4 is 17.9 Å². The molecule has 139 valence electrons. The molecular formula is C9H25CuO11-. The molecular weight excluding hydrogens is 348 g/mol. The van der Waals surface area contributed by atoms with Gasteiger partial charge < -0.3 is 51.2 Å². The monoisotopic (exact) mass is 372 g/mol. The van der Waals surface area contributed by atoms with E-state index in [1.54, 1.807) is 0 Å². The number of carbonyl (C=O) groups excluding carboxylic acids is 2. The van der Waals surface area contributed by atoms with Crippen LogP contribution in [0.4, 0.5) is 0 Å². The number of aliphatic hydroxyl groups excluding tert-OH is 3. The topological polar surface area (TPSA) is 240 Å². The van der Waals surface area contributed by atoms with Crippen LogP contribution in [0.15, 0.2) is 0 Å². The maximum absolute atomic E-state index is 9.12. The molecule has 0 spiro atoms. The van der Waals surface area contributed by atoms with Crippen molar-refractivity contribution in [2.24, 2.45) is 0 Å². The van der Waals surface area contributed by atoms with Gasteiger partial charge in [-0.3, -0.25) is 0 Å². The molecule has 0 atom stereocenters. The molecule has 11 nitrogen and oxygen atoms in total. The fourth-order valence-corrected chi connectivity index (χ4v) is 0. The molecule has 0 rings (SSSR count). The van der Waals surface area contributed by atoms with Gasteiger partial charge in [-0.2, -0.15) is 0 Å². The first-order valence-corrected chi connectivity index (χ1v) is 3.25. The van der Waals surface area contributed by atoms with Crippen LogP contribution in [-0.4, -0.2) is 69.1 Å². The molecule has 0 saturated heterocycles. The summed E-state index contributed by atoms with van der Waals surface area (Å²) in [6, 6.07) is 0. The van der Waals surface area contributed by atoms with Crippen molar-refractivity contribution < 1.29 is 73.0 Å². The van der Waals surface area contributed by atoms with Gasteiger partial charge in [-0.05, 0) is 0 Å². The number of carbonyl (C=O) groups is 3. The van der Waals surface area contributed by atoms with E-state index in [1.165, 1.54) is 0 Å². The Labute approximate surface area is 133 Å². The summed E-state index contributed by atoms with van der Waals surface area (Å²) >= 11 is 0. The van der Waals surface area contributed by atoms with Gasteiger partial charge in [-0.25, -0.2) is 4.79 Å². The van der Waals surface area contributed by atoms with Crippen LogP contribution in [0.1, 0.15) is 22.3 Å². The van der Waals surface area contributed by atoms with E-state index in [2.05, 4.69) is 0 Å². The van der Waals surface area contributed by atoms with Crippen LogP contribution < -0.4 is 10.2 Å². The van der Waals surface area contributed by atoms with Gasteiger partial charge in [-0.1, -0.05) is 22.3 Å². The second-order valence-corrected chi connectivity index (χ2v) is 1.61. The van der Waals surface area contributed by atoms with E-state index < -0.39 is 37.7 Å². The van der Waals surface area contributed by atoms with Crippen LogP contribution >= 0.6 is 0 Å². The average molecular weight is 373 g/mol. The molecule has 0 aliphatic heterocycles. The molecule has 0 saturated carbocycles. The quantitative estimate of drug-likeness (QED) is 0.345. The van der Waals surface area contributed by atoms with Crippen molar-refractivity contribution in [3.8, 4) is 0 Å². The molecule has 0 amide bonds. The van der Waals surface area contributed by atoms with E-state index in [4.69, 9.17) is 45.0 Å². The van der Waals surface area contributed by atoms with Gasteiger partial charge in [0.15, 0.2) is 0 Å². The Morgan fingerprint density at radius 2 is 0.857 bits per heavy atom. The Morgan fingerprint density at radius 1 is 0.762 bits per heavy atom. The predicted octanol–water partition coefficient (Wildman–Crippen LogP) is -4.58. The SMILES string of the molecule is C.C.C.O.O=C(O)CO.O=C([O-])CO.O=C([O-])CO.[Cu+2].[OH-]. The van der Waals surface area contributed by atoms with E-state index in [0.717, 1.165) is 0 Å². The summed E-state index contributed by atoms with van der Waals surface area (Å²) in [5.74, 6) is -4.07. The Balaban J connectivity index is -0.0000000129. The molecule has 12 heteroatoms. The van der Waals surface area contributed by atoms with E-state index in [9.17, 15) is 0 Å². The molecule has 0 aromatic heterocycles. The summed E-state index contributed by atoms with van der Waals surface area (Å²) in [7, 11) is 0. The smallest absolute Gasteiger partial charge is 0.870 e. The van der Waals surface area contributed by atoms with Crippen LogP contribution in [0.25, 0.3) is 0 Å². The van der Waals surface area contributed by atoms with Crippen molar-refractivity contribution in [3.63, 3.8) is 0 Å². The van der Waals surface area contributed by atoms with Gasteiger partial charge >= 0.3 is 23.0 Å². The van der Waals surface area contributed by atoms with Crippen molar-refractivity contribution in [2.75, 3.05) is 19.8 Å². The summed E-state index contributed by atoms with van der Waals surface area (Å²) in [4.78, 5) is 27.1. The molecule has 0 aromatic carbocycles. The standard InChI is InChI=1S/3C2H4O3.3CH4.Cu.2H2O/c3*3-1-2(4)5;;;;;;/h3*3H,1H2,(H,4,5);3*1H4;;2*1H2/q;;;;;;+2;;/p-3. The summed E-state index contributed by atoms with van der Waals surface area (Å²) in [5, 5.41) is 48.0. The molecule has 0 aromatic rings. The normalized spacial score (nSPS) is 5.29. The van der Waals surface area contributed by atoms with Crippen LogP contribution in [-0.2, 0) is 31.5 Å². The van der Waals surface area contributed by atoms with Gasteiger partial charge in [0.25, 0.3) is 0 Å². The third-order valence-electron chi connectivity index (χ3n) is 0.393. The first kappa shape index (κ1) is 60.1. The average Bonchev–Trinajstić information content (AvgIpc) is 2.19. The van der Waals surface area contributed by atoms with E-state index in [-0.39, 0.29) is 50.3 Å². The molecule has 0 fully saturated rings. The number of hydrogen-bond donors (Lipinski definition) is 4. The van der Waals surface area contributed by atoms with Gasteiger partial charge in [-0.15, -0.1) is 0 Å². The molecule has 0 aliphatic carbocycles. The summed E-state index contributed by atoms with van der Waals surface area (Å²) in [6.45, 7) is -2.56. The van der Waals surface area contributed by atoms with Crippen LogP contribution in [0.2, 0.25) is 0 Å². The predicted molar refractivity (Wildman–Crippen MR) is 64.6 cm³/mol. The number of carboxylic acids is 3. The first-order valence-electron chi connectivity index (χ1n) is 3.25. The molecule has 0 heterocycles. The van der Waals surface area contributed by atoms with Crippen molar-refractivity contribution in [2.45, 2.75) is 22.3 Å². The third-order valence-corrected chi connectivity index (χ3v) is 0.393. The van der Waals surface area contributed by atoms with Gasteiger partial charge in [0.1, 0.15) is 6.61 Å². The summed E-state index contributed by atoms with van der Waals surface area (Å²) in [6.07, 6.45) is 0. The minimum atomic E-state index is -1.44. The maximum atomic E-state index is 9.12. The Hall–Kier alpha value is -1.27. The molecule has 0 aliphatic rings. The van der Waals surface area contributed by atoms with Crippen LogP contribution in [0, 0.1) is 0 Å². The van der Waals surface area contributed by atoms with Gasteiger partial charge in [0.05, 0.1) is 25.2 Å².